The van der Waals surface area contributed by atoms with Gasteiger partial charge in [-0.3, -0.25) is 9.59 Å². The monoisotopic (exact) mass is 316 g/mol. The predicted molar refractivity (Wildman–Crippen MR) is 73.4 cm³/mol. The zero-order chi connectivity index (χ0) is 16.0. The summed E-state index contributed by atoms with van der Waals surface area (Å²) in [5.41, 5.74) is -0.357. The van der Waals surface area contributed by atoms with E-state index in [2.05, 4.69) is 5.32 Å². The van der Waals surface area contributed by atoms with E-state index in [4.69, 9.17) is 16.3 Å². The van der Waals surface area contributed by atoms with E-state index in [1.54, 1.807) is 0 Å². The second kappa shape index (κ2) is 7.58. The Balaban J connectivity index is 2.58. The molecule has 1 N–H and O–H groups in total. The number of esters is 1. The van der Waals surface area contributed by atoms with Crippen LogP contribution in [0.1, 0.15) is 10.4 Å². The van der Waals surface area contributed by atoms with Crippen molar-refractivity contribution in [3.05, 3.63) is 34.6 Å². The average Bonchev–Trinajstić information content (AvgIpc) is 2.46. The van der Waals surface area contributed by atoms with Gasteiger partial charge in [0.15, 0.2) is 6.61 Å². The highest BCUT2D eigenvalue weighted by molar-refractivity contribution is 6.30. The lowest BCUT2D eigenvalue weighted by Gasteiger charge is -2.16. The summed E-state index contributed by atoms with van der Waals surface area (Å²) < 4.78 is 18.1. The quantitative estimate of drug-likeness (QED) is 0.817. The Hall–Kier alpha value is -2.15. The van der Waals surface area contributed by atoms with Crippen LogP contribution < -0.4 is 5.32 Å². The summed E-state index contributed by atoms with van der Waals surface area (Å²) in [5.74, 6) is -2.75. The third-order valence-electron chi connectivity index (χ3n) is 2.56. The third kappa shape index (κ3) is 5.03. The van der Waals surface area contributed by atoms with Crippen molar-refractivity contribution < 1.29 is 23.5 Å². The number of nitrogens with zero attached hydrogens (tertiary/aromatic N) is 1. The topological polar surface area (TPSA) is 75.7 Å². The normalized spacial score (nSPS) is 9.90. The number of benzene rings is 1. The summed E-state index contributed by atoms with van der Waals surface area (Å²) in [7, 11) is 2.81. The van der Waals surface area contributed by atoms with Gasteiger partial charge in [0.05, 0.1) is 12.1 Å². The number of hydrogen-bond acceptors (Lipinski definition) is 4. The minimum Gasteiger partial charge on any atom is -0.452 e. The van der Waals surface area contributed by atoms with E-state index in [1.807, 2.05) is 0 Å². The van der Waals surface area contributed by atoms with E-state index in [0.717, 1.165) is 17.0 Å². The van der Waals surface area contributed by atoms with Crippen LogP contribution in [-0.4, -0.2) is 49.9 Å². The Bertz CT molecular complexity index is 565. The van der Waals surface area contributed by atoms with E-state index in [-0.39, 0.29) is 23.0 Å². The number of halogens is 2. The first-order valence-electron chi connectivity index (χ1n) is 5.92. The molecule has 0 aliphatic heterocycles. The van der Waals surface area contributed by atoms with Gasteiger partial charge in [0.25, 0.3) is 5.91 Å². The van der Waals surface area contributed by atoms with Gasteiger partial charge in [-0.15, -0.1) is 0 Å². The first-order valence-corrected chi connectivity index (χ1v) is 6.29. The molecule has 0 aliphatic carbocycles. The molecule has 0 heterocycles. The highest BCUT2D eigenvalue weighted by atomic mass is 35.5. The third-order valence-corrected chi connectivity index (χ3v) is 2.80. The Kier molecular flexibility index (Phi) is 6.10. The number of carbonyl (C=O) groups excluding carboxylic acids is 3. The fourth-order valence-electron chi connectivity index (χ4n) is 1.35. The molecule has 0 radical (unpaired) electrons. The lowest BCUT2D eigenvalue weighted by Crippen LogP contribution is -2.39. The summed E-state index contributed by atoms with van der Waals surface area (Å²) in [6.45, 7) is -0.767. The van der Waals surface area contributed by atoms with Crippen molar-refractivity contribution in [1.82, 2.24) is 10.2 Å². The lowest BCUT2D eigenvalue weighted by atomic mass is 10.2. The number of carbonyl (C=O) groups is 3. The van der Waals surface area contributed by atoms with Crippen molar-refractivity contribution in [2.24, 2.45) is 0 Å². The molecule has 1 aromatic carbocycles. The van der Waals surface area contributed by atoms with Gasteiger partial charge in [-0.05, 0) is 18.2 Å². The molecule has 0 fully saturated rings. The van der Waals surface area contributed by atoms with Gasteiger partial charge in [-0.1, -0.05) is 11.6 Å². The van der Waals surface area contributed by atoms with E-state index in [9.17, 15) is 18.8 Å². The summed E-state index contributed by atoms with van der Waals surface area (Å²) >= 11 is 5.65. The largest absolute Gasteiger partial charge is 0.452 e. The molecule has 0 saturated heterocycles. The van der Waals surface area contributed by atoms with Crippen LogP contribution in [0.5, 0.6) is 0 Å². The molecule has 21 heavy (non-hydrogen) atoms. The molecule has 0 saturated carbocycles. The van der Waals surface area contributed by atoms with Gasteiger partial charge in [0.2, 0.25) is 5.91 Å². The van der Waals surface area contributed by atoms with Crippen LogP contribution in [0.15, 0.2) is 18.2 Å². The minimum absolute atomic E-state index is 0.168. The van der Waals surface area contributed by atoms with Crippen molar-refractivity contribution in [3.8, 4) is 0 Å². The highest BCUT2D eigenvalue weighted by Crippen LogP contribution is 2.15. The number of ether oxygens (including phenoxy) is 1. The highest BCUT2D eigenvalue weighted by Gasteiger charge is 2.18. The van der Waals surface area contributed by atoms with Crippen LogP contribution in [-0.2, 0) is 14.3 Å². The smallest absolute Gasteiger partial charge is 0.341 e. The fourth-order valence-corrected chi connectivity index (χ4v) is 1.52. The van der Waals surface area contributed by atoms with Crippen molar-refractivity contribution in [1.29, 1.82) is 0 Å². The Morgan fingerprint density at radius 1 is 1.38 bits per heavy atom. The molecule has 1 aromatic rings. The summed E-state index contributed by atoms with van der Waals surface area (Å²) in [6.07, 6.45) is 0. The zero-order valence-corrected chi connectivity index (χ0v) is 12.2. The fraction of sp³-hybridized carbons (Fsp3) is 0.308. The van der Waals surface area contributed by atoms with E-state index in [0.29, 0.717) is 0 Å². The average molecular weight is 317 g/mol. The predicted octanol–water partition coefficient (Wildman–Crippen LogP) is 0.840. The van der Waals surface area contributed by atoms with Crippen molar-refractivity contribution in [3.63, 3.8) is 0 Å². The molecule has 0 aliphatic rings. The number of likely N-dealkylation sites (N-methyl/N-ethyl adjacent to an activating group) is 2. The lowest BCUT2D eigenvalue weighted by molar-refractivity contribution is -0.137. The molecular formula is C13H14ClFN2O4. The van der Waals surface area contributed by atoms with Crippen molar-refractivity contribution in [2.45, 2.75) is 0 Å². The van der Waals surface area contributed by atoms with Crippen LogP contribution in [0.25, 0.3) is 0 Å². The summed E-state index contributed by atoms with van der Waals surface area (Å²) in [5, 5.41) is 2.52. The molecule has 0 spiro atoms. The van der Waals surface area contributed by atoms with Gasteiger partial charge >= 0.3 is 5.97 Å². The standard InChI is InChI=1S/C13H14ClFN2O4/c1-16-11(18)6-17(2)12(19)7-21-13(20)9-5-8(14)3-4-10(9)15/h3-5H,6-7H2,1-2H3,(H,16,18). The van der Waals surface area contributed by atoms with Crippen molar-refractivity contribution in [2.75, 3.05) is 27.2 Å². The maximum atomic E-state index is 13.4. The first kappa shape index (κ1) is 16.9. The first-order chi connectivity index (χ1) is 9.85. The van der Waals surface area contributed by atoms with Crippen LogP contribution in [0.2, 0.25) is 5.02 Å². The zero-order valence-electron chi connectivity index (χ0n) is 11.5. The number of rotatable bonds is 5. The molecule has 2 amide bonds. The van der Waals surface area contributed by atoms with Gasteiger partial charge in [-0.2, -0.15) is 0 Å². The van der Waals surface area contributed by atoms with Gasteiger partial charge in [0, 0.05) is 19.1 Å². The van der Waals surface area contributed by atoms with Gasteiger partial charge in [0.1, 0.15) is 5.82 Å². The van der Waals surface area contributed by atoms with Crippen LogP contribution in [0.4, 0.5) is 4.39 Å². The van der Waals surface area contributed by atoms with E-state index in [1.165, 1.54) is 20.2 Å². The summed E-state index contributed by atoms with van der Waals surface area (Å²) in [6, 6.07) is 3.42. The molecule has 6 nitrogen and oxygen atoms in total. The Labute approximate surface area is 125 Å². The number of nitrogens with one attached hydrogen (secondary N) is 1. The van der Waals surface area contributed by atoms with E-state index >= 15 is 0 Å². The molecular weight excluding hydrogens is 303 g/mol. The molecule has 0 bridgehead atoms. The van der Waals surface area contributed by atoms with E-state index < -0.39 is 24.3 Å². The van der Waals surface area contributed by atoms with Gasteiger partial charge < -0.3 is 15.0 Å². The Morgan fingerprint density at radius 2 is 2.05 bits per heavy atom. The molecule has 1 rings (SSSR count). The minimum atomic E-state index is -1.00. The molecule has 0 unspecified atom stereocenters. The van der Waals surface area contributed by atoms with Crippen LogP contribution >= 0.6 is 11.6 Å². The molecule has 0 atom stereocenters. The number of hydrogen-bond donors (Lipinski definition) is 1. The maximum absolute atomic E-state index is 13.4. The molecule has 114 valence electrons. The molecule has 8 heteroatoms. The molecule has 0 aromatic heterocycles. The second-order valence-corrected chi connectivity index (χ2v) is 4.56. The van der Waals surface area contributed by atoms with Gasteiger partial charge in [-0.25, -0.2) is 9.18 Å². The Morgan fingerprint density at radius 3 is 2.67 bits per heavy atom. The van der Waals surface area contributed by atoms with Crippen molar-refractivity contribution >= 4 is 29.4 Å². The van der Waals surface area contributed by atoms with Crippen LogP contribution in [0.3, 0.4) is 0 Å². The maximum Gasteiger partial charge on any atom is 0.341 e. The summed E-state index contributed by atoms with van der Waals surface area (Å²) in [4.78, 5) is 35.5. The second-order valence-electron chi connectivity index (χ2n) is 4.12. The van der Waals surface area contributed by atoms with Crippen LogP contribution in [0, 0.1) is 5.82 Å². The SMILES string of the molecule is CNC(=O)CN(C)C(=O)COC(=O)c1cc(Cl)ccc1F. The number of amides is 2.